The fourth-order valence-electron chi connectivity index (χ4n) is 2.80. The number of esters is 1. The Labute approximate surface area is 159 Å². The van der Waals surface area contributed by atoms with Crippen molar-refractivity contribution >= 4 is 18.0 Å². The Morgan fingerprint density at radius 3 is 2.67 bits per heavy atom. The molecule has 1 atom stereocenters. The van der Waals surface area contributed by atoms with Crippen LogP contribution < -0.4 is 5.32 Å². The maximum absolute atomic E-state index is 12.6. The number of ether oxygens (including phenoxy) is 2. The number of aromatic nitrogens is 2. The molecule has 0 radical (unpaired) electrons. The molecule has 0 fully saturated rings. The second-order valence-electron chi connectivity index (χ2n) is 7.48. The van der Waals surface area contributed by atoms with Gasteiger partial charge in [-0.15, -0.1) is 0 Å². The lowest BCUT2D eigenvalue weighted by molar-refractivity contribution is -0.144. The summed E-state index contributed by atoms with van der Waals surface area (Å²) in [5, 5.41) is 6.96. The molecule has 0 bridgehead atoms. The van der Waals surface area contributed by atoms with E-state index in [9.17, 15) is 14.4 Å². The van der Waals surface area contributed by atoms with Crippen LogP contribution >= 0.6 is 0 Å². The summed E-state index contributed by atoms with van der Waals surface area (Å²) in [6.45, 7) is 9.93. The van der Waals surface area contributed by atoms with Gasteiger partial charge in [0.1, 0.15) is 18.2 Å². The minimum absolute atomic E-state index is 0.0470. The zero-order valence-corrected chi connectivity index (χ0v) is 16.6. The lowest BCUT2D eigenvalue weighted by Crippen LogP contribution is -2.49. The molecule has 1 aliphatic heterocycles. The Hall–Kier alpha value is -2.58. The molecule has 27 heavy (non-hydrogen) atoms. The molecule has 1 aliphatic rings. The minimum Gasteiger partial charge on any atom is -0.465 e. The number of rotatable bonds is 5. The van der Waals surface area contributed by atoms with Crippen molar-refractivity contribution in [3.8, 4) is 0 Å². The first-order chi connectivity index (χ1) is 12.6. The van der Waals surface area contributed by atoms with E-state index in [2.05, 4.69) is 10.4 Å². The average Bonchev–Trinajstić information content (AvgIpc) is 2.93. The van der Waals surface area contributed by atoms with Gasteiger partial charge in [0.05, 0.1) is 12.3 Å². The van der Waals surface area contributed by atoms with Crippen molar-refractivity contribution in [2.45, 2.75) is 65.8 Å². The minimum atomic E-state index is -0.698. The molecule has 9 heteroatoms. The maximum Gasteiger partial charge on any atom is 0.408 e. The van der Waals surface area contributed by atoms with Crippen LogP contribution in [0.4, 0.5) is 4.79 Å². The summed E-state index contributed by atoms with van der Waals surface area (Å²) < 4.78 is 11.6. The molecule has 1 aromatic rings. The predicted octanol–water partition coefficient (Wildman–Crippen LogP) is 1.24. The van der Waals surface area contributed by atoms with Crippen molar-refractivity contribution in [3.63, 3.8) is 0 Å². The van der Waals surface area contributed by atoms with Crippen LogP contribution in [-0.4, -0.2) is 57.4 Å². The molecular weight excluding hydrogens is 352 g/mol. The molecule has 0 unspecified atom stereocenters. The third-order valence-corrected chi connectivity index (χ3v) is 3.92. The zero-order chi connectivity index (χ0) is 20.2. The highest BCUT2D eigenvalue weighted by molar-refractivity contribution is 5.85. The molecule has 1 N–H and O–H groups in total. The monoisotopic (exact) mass is 380 g/mol. The molecule has 0 aromatic carbocycles. The third-order valence-electron chi connectivity index (χ3n) is 3.92. The Morgan fingerprint density at radius 1 is 1.33 bits per heavy atom. The van der Waals surface area contributed by atoms with Crippen LogP contribution in [0.5, 0.6) is 0 Å². The zero-order valence-electron chi connectivity index (χ0n) is 16.6. The Morgan fingerprint density at radius 2 is 2.04 bits per heavy atom. The normalized spacial score (nSPS) is 14.9. The van der Waals surface area contributed by atoms with Gasteiger partial charge in [0, 0.05) is 31.3 Å². The largest absolute Gasteiger partial charge is 0.465 e. The van der Waals surface area contributed by atoms with Crippen LogP contribution in [0.3, 0.4) is 0 Å². The first-order valence-electron chi connectivity index (χ1n) is 9.08. The summed E-state index contributed by atoms with van der Waals surface area (Å²) in [6, 6.07) is -0.698. The fraction of sp³-hybridized carbons (Fsp3) is 0.667. The van der Waals surface area contributed by atoms with Gasteiger partial charge in [0.15, 0.2) is 0 Å². The van der Waals surface area contributed by atoms with Gasteiger partial charge in [0.2, 0.25) is 5.91 Å². The Kier molecular flexibility index (Phi) is 6.45. The van der Waals surface area contributed by atoms with Crippen molar-refractivity contribution in [1.29, 1.82) is 0 Å². The maximum atomic E-state index is 12.6. The topological polar surface area (TPSA) is 103 Å². The average molecular weight is 380 g/mol. The second-order valence-corrected chi connectivity index (χ2v) is 7.48. The summed E-state index contributed by atoms with van der Waals surface area (Å²) in [7, 11) is 0. The summed E-state index contributed by atoms with van der Waals surface area (Å²) in [5.74, 6) is -0.537. The van der Waals surface area contributed by atoms with E-state index in [0.717, 1.165) is 11.3 Å². The number of amides is 2. The molecular formula is C18H28N4O5. The third kappa shape index (κ3) is 5.97. The van der Waals surface area contributed by atoms with Crippen molar-refractivity contribution < 1.29 is 23.9 Å². The van der Waals surface area contributed by atoms with Gasteiger partial charge in [-0.2, -0.15) is 5.10 Å². The number of nitrogens with zero attached hydrogens (tertiary/aromatic N) is 3. The number of hydrogen-bond acceptors (Lipinski definition) is 6. The van der Waals surface area contributed by atoms with E-state index in [0.29, 0.717) is 26.1 Å². The number of alkyl carbamates (subject to hydrolysis) is 1. The van der Waals surface area contributed by atoms with Gasteiger partial charge < -0.3 is 19.7 Å². The van der Waals surface area contributed by atoms with Crippen LogP contribution in [0, 0.1) is 0 Å². The molecule has 150 valence electrons. The molecule has 2 rings (SSSR count). The van der Waals surface area contributed by atoms with E-state index in [1.54, 1.807) is 50.4 Å². The molecule has 2 heterocycles. The smallest absolute Gasteiger partial charge is 0.408 e. The van der Waals surface area contributed by atoms with Crippen LogP contribution in [0.25, 0.3) is 0 Å². The van der Waals surface area contributed by atoms with E-state index < -0.39 is 17.7 Å². The number of nitrogens with one attached hydrogen (secondary N) is 1. The lowest BCUT2D eigenvalue weighted by Gasteiger charge is -2.29. The van der Waals surface area contributed by atoms with E-state index in [1.165, 1.54) is 0 Å². The molecule has 1 aromatic heterocycles. The van der Waals surface area contributed by atoms with Gasteiger partial charge in [-0.1, -0.05) is 0 Å². The molecule has 0 saturated heterocycles. The highest BCUT2D eigenvalue weighted by Gasteiger charge is 2.28. The second kappa shape index (κ2) is 8.41. The summed E-state index contributed by atoms with van der Waals surface area (Å²) >= 11 is 0. The summed E-state index contributed by atoms with van der Waals surface area (Å²) in [6.07, 6.45) is 1.73. The SMILES string of the molecule is CCOC(=O)Cn1cc2c(n1)CCN(C(=O)[C@H](C)NC(=O)OC(C)(C)C)C2. The Bertz CT molecular complexity index is 707. The highest BCUT2D eigenvalue weighted by atomic mass is 16.6. The molecule has 0 spiro atoms. The van der Waals surface area contributed by atoms with Crippen molar-refractivity contribution in [2.24, 2.45) is 0 Å². The lowest BCUT2D eigenvalue weighted by atomic mass is 10.1. The van der Waals surface area contributed by atoms with Crippen molar-refractivity contribution in [3.05, 3.63) is 17.5 Å². The number of carbonyl (C=O) groups excluding carboxylic acids is 3. The van der Waals surface area contributed by atoms with Crippen molar-refractivity contribution in [1.82, 2.24) is 20.0 Å². The quantitative estimate of drug-likeness (QED) is 0.771. The highest BCUT2D eigenvalue weighted by Crippen LogP contribution is 2.18. The van der Waals surface area contributed by atoms with Crippen LogP contribution in [0.2, 0.25) is 0 Å². The van der Waals surface area contributed by atoms with E-state index in [1.807, 2.05) is 0 Å². The van der Waals surface area contributed by atoms with E-state index in [-0.39, 0.29) is 18.4 Å². The number of carbonyl (C=O) groups is 3. The standard InChI is InChI=1S/C18H28N4O5/c1-6-26-15(23)11-22-10-13-9-21(8-7-14(13)20-22)16(24)12(2)19-17(25)27-18(3,4)5/h10,12H,6-9,11H2,1-5H3,(H,19,25)/t12-/m0/s1. The van der Waals surface area contributed by atoms with Crippen LogP contribution in [-0.2, 0) is 38.6 Å². The summed E-state index contributed by atoms with van der Waals surface area (Å²) in [4.78, 5) is 37.7. The molecule has 0 aliphatic carbocycles. The first-order valence-corrected chi connectivity index (χ1v) is 9.08. The van der Waals surface area contributed by atoms with Gasteiger partial charge in [-0.25, -0.2) is 4.79 Å². The molecule has 2 amide bonds. The molecule has 0 saturated carbocycles. The summed E-state index contributed by atoms with van der Waals surface area (Å²) in [5.41, 5.74) is 1.14. The van der Waals surface area contributed by atoms with E-state index >= 15 is 0 Å². The van der Waals surface area contributed by atoms with Gasteiger partial charge >= 0.3 is 12.1 Å². The first kappa shape index (κ1) is 20.7. The van der Waals surface area contributed by atoms with Crippen molar-refractivity contribution in [2.75, 3.05) is 13.2 Å². The van der Waals surface area contributed by atoms with E-state index in [4.69, 9.17) is 9.47 Å². The van der Waals surface area contributed by atoms with Gasteiger partial charge in [-0.3, -0.25) is 14.3 Å². The van der Waals surface area contributed by atoms with Crippen LogP contribution in [0.1, 0.15) is 45.9 Å². The van der Waals surface area contributed by atoms with Gasteiger partial charge in [-0.05, 0) is 34.6 Å². The fourth-order valence-corrected chi connectivity index (χ4v) is 2.80. The predicted molar refractivity (Wildman–Crippen MR) is 96.8 cm³/mol. The van der Waals surface area contributed by atoms with Crippen LogP contribution in [0.15, 0.2) is 6.20 Å². The number of fused-ring (bicyclic) bond motifs is 1. The van der Waals surface area contributed by atoms with Gasteiger partial charge in [0.25, 0.3) is 0 Å². The Balaban J connectivity index is 1.94. The number of hydrogen-bond donors (Lipinski definition) is 1. The molecule has 9 nitrogen and oxygen atoms in total.